The molecule has 130 valence electrons. The lowest BCUT2D eigenvalue weighted by Crippen LogP contribution is -2.34. The second-order valence-electron chi connectivity index (χ2n) is 5.94. The summed E-state index contributed by atoms with van der Waals surface area (Å²) in [5.41, 5.74) is 6.57. The van der Waals surface area contributed by atoms with Crippen LogP contribution in [-0.4, -0.2) is 29.9 Å². The Bertz CT molecular complexity index is 776. The molecule has 2 amide bonds. The zero-order valence-corrected chi connectivity index (χ0v) is 14.4. The first kappa shape index (κ1) is 17.3. The lowest BCUT2D eigenvalue weighted by molar-refractivity contribution is -0.134. The van der Waals surface area contributed by atoms with Crippen molar-refractivity contribution in [3.63, 3.8) is 0 Å². The van der Waals surface area contributed by atoms with Gasteiger partial charge in [0.1, 0.15) is 5.75 Å². The molecule has 2 N–H and O–H groups in total. The Morgan fingerprint density at radius 3 is 2.56 bits per heavy atom. The molecule has 0 saturated carbocycles. The molecule has 0 bridgehead atoms. The number of carbonyl (C=O) groups excluding carboxylic acids is 2. The topological polar surface area (TPSA) is 72.6 Å². The predicted molar refractivity (Wildman–Crippen MR) is 95.6 cm³/mol. The number of nitrogens with two attached hydrogens (primary N) is 1. The van der Waals surface area contributed by atoms with Gasteiger partial charge in [0.2, 0.25) is 5.91 Å². The number of amides is 2. The number of hydrogen-bond donors (Lipinski definition) is 1. The van der Waals surface area contributed by atoms with E-state index in [4.69, 9.17) is 22.1 Å². The van der Waals surface area contributed by atoms with Crippen LogP contribution in [0.5, 0.6) is 5.75 Å². The Balaban J connectivity index is 1.64. The summed E-state index contributed by atoms with van der Waals surface area (Å²) in [6, 6.07) is 14.0. The summed E-state index contributed by atoms with van der Waals surface area (Å²) >= 11 is 6.28. The molecule has 5 nitrogen and oxygen atoms in total. The van der Waals surface area contributed by atoms with Gasteiger partial charge in [-0.25, -0.2) is 0 Å². The van der Waals surface area contributed by atoms with Crippen molar-refractivity contribution in [2.75, 3.05) is 13.2 Å². The fourth-order valence-corrected chi connectivity index (χ4v) is 3.34. The maximum Gasteiger partial charge on any atom is 0.261 e. The van der Waals surface area contributed by atoms with E-state index in [2.05, 4.69) is 0 Å². The Labute approximate surface area is 151 Å². The second kappa shape index (κ2) is 7.57. The minimum atomic E-state index is -0.498. The van der Waals surface area contributed by atoms with Crippen LogP contribution in [0.3, 0.4) is 0 Å². The van der Waals surface area contributed by atoms with Gasteiger partial charge in [0.05, 0.1) is 6.04 Å². The quantitative estimate of drug-likeness (QED) is 0.892. The molecule has 6 heteroatoms. The van der Waals surface area contributed by atoms with Gasteiger partial charge < -0.3 is 15.4 Å². The van der Waals surface area contributed by atoms with E-state index < -0.39 is 5.91 Å². The van der Waals surface area contributed by atoms with Crippen LogP contribution in [-0.2, 0) is 4.79 Å². The van der Waals surface area contributed by atoms with Crippen molar-refractivity contribution >= 4 is 23.4 Å². The Kier molecular flexibility index (Phi) is 5.24. The van der Waals surface area contributed by atoms with Gasteiger partial charge in [-0.3, -0.25) is 9.59 Å². The Hall–Kier alpha value is -2.53. The summed E-state index contributed by atoms with van der Waals surface area (Å²) in [7, 11) is 0. The van der Waals surface area contributed by atoms with E-state index in [1.807, 2.05) is 29.2 Å². The summed E-state index contributed by atoms with van der Waals surface area (Å²) < 4.78 is 5.55. The molecule has 1 heterocycles. The molecular weight excluding hydrogens is 340 g/mol. The highest BCUT2D eigenvalue weighted by Gasteiger charge is 2.31. The highest BCUT2D eigenvalue weighted by atomic mass is 35.5. The smallest absolute Gasteiger partial charge is 0.261 e. The zero-order valence-electron chi connectivity index (χ0n) is 13.7. The van der Waals surface area contributed by atoms with E-state index >= 15 is 0 Å². The number of ether oxygens (including phenoxy) is 1. The second-order valence-corrected chi connectivity index (χ2v) is 6.35. The van der Waals surface area contributed by atoms with E-state index in [9.17, 15) is 9.59 Å². The normalized spacial score (nSPS) is 16.7. The fraction of sp³-hybridized carbons (Fsp3) is 0.263. The van der Waals surface area contributed by atoms with Gasteiger partial charge in [0.25, 0.3) is 5.91 Å². The number of nitrogens with zero attached hydrogens (tertiary/aromatic N) is 1. The number of halogens is 1. The molecule has 25 heavy (non-hydrogen) atoms. The maximum absolute atomic E-state index is 12.6. The largest absolute Gasteiger partial charge is 0.484 e. The summed E-state index contributed by atoms with van der Waals surface area (Å²) in [5, 5.41) is 0.676. The summed E-state index contributed by atoms with van der Waals surface area (Å²) in [6.45, 7) is 0.634. The number of carbonyl (C=O) groups is 2. The number of primary amides is 1. The molecule has 0 spiro atoms. The summed E-state index contributed by atoms with van der Waals surface area (Å²) in [5.74, 6) is -0.0597. The highest BCUT2D eigenvalue weighted by molar-refractivity contribution is 6.31. The van der Waals surface area contributed by atoms with E-state index in [1.165, 1.54) is 0 Å². The van der Waals surface area contributed by atoms with Crippen LogP contribution in [0.1, 0.15) is 34.8 Å². The van der Waals surface area contributed by atoms with Gasteiger partial charge in [-0.2, -0.15) is 0 Å². The molecule has 2 aromatic carbocycles. The molecule has 0 aliphatic carbocycles. The van der Waals surface area contributed by atoms with E-state index in [0.717, 1.165) is 18.4 Å². The molecule has 1 aliphatic heterocycles. The fourth-order valence-electron chi connectivity index (χ4n) is 3.08. The van der Waals surface area contributed by atoms with Gasteiger partial charge in [-0.05, 0) is 48.7 Å². The molecule has 3 rings (SSSR count). The van der Waals surface area contributed by atoms with Crippen molar-refractivity contribution in [3.8, 4) is 5.75 Å². The average Bonchev–Trinajstić information content (AvgIpc) is 3.10. The van der Waals surface area contributed by atoms with Crippen LogP contribution in [0, 0.1) is 0 Å². The summed E-state index contributed by atoms with van der Waals surface area (Å²) in [6.07, 6.45) is 1.83. The number of likely N-dealkylation sites (tertiary alicyclic amines) is 1. The lowest BCUT2D eigenvalue weighted by Gasteiger charge is -2.25. The molecule has 2 aromatic rings. The molecule has 1 saturated heterocycles. The zero-order chi connectivity index (χ0) is 17.8. The minimum Gasteiger partial charge on any atom is -0.484 e. The van der Waals surface area contributed by atoms with Crippen molar-refractivity contribution < 1.29 is 14.3 Å². The van der Waals surface area contributed by atoms with Crippen LogP contribution in [0.25, 0.3) is 0 Å². The van der Waals surface area contributed by atoms with Crippen LogP contribution >= 0.6 is 11.6 Å². The maximum atomic E-state index is 12.6. The third kappa shape index (κ3) is 3.94. The van der Waals surface area contributed by atoms with Crippen molar-refractivity contribution in [2.24, 2.45) is 5.73 Å². The van der Waals surface area contributed by atoms with Gasteiger partial charge in [0.15, 0.2) is 6.61 Å². The summed E-state index contributed by atoms with van der Waals surface area (Å²) in [4.78, 5) is 25.5. The van der Waals surface area contributed by atoms with Gasteiger partial charge in [-0.1, -0.05) is 29.8 Å². The van der Waals surface area contributed by atoms with Crippen LogP contribution in [0.4, 0.5) is 0 Å². The molecule has 1 fully saturated rings. The molecule has 0 radical (unpaired) electrons. The van der Waals surface area contributed by atoms with Gasteiger partial charge in [-0.15, -0.1) is 0 Å². The van der Waals surface area contributed by atoms with Crippen molar-refractivity contribution in [1.82, 2.24) is 4.90 Å². The monoisotopic (exact) mass is 358 g/mol. The molecule has 1 atom stereocenters. The number of benzene rings is 2. The van der Waals surface area contributed by atoms with Crippen LogP contribution in [0.15, 0.2) is 48.5 Å². The first-order chi connectivity index (χ1) is 12.1. The van der Waals surface area contributed by atoms with E-state index in [1.54, 1.807) is 24.3 Å². The standard InChI is InChI=1S/C19H19ClN2O3/c20-16-5-2-1-4-15(16)17-6-3-11-22(17)18(23)12-25-14-9-7-13(8-10-14)19(21)24/h1-2,4-5,7-10,17H,3,6,11-12H2,(H2,21,24). The minimum absolute atomic E-state index is 0.0120. The molecular formula is C19H19ClN2O3. The molecule has 1 unspecified atom stereocenters. The Morgan fingerprint density at radius 1 is 1.16 bits per heavy atom. The van der Waals surface area contributed by atoms with Crippen LogP contribution in [0.2, 0.25) is 5.02 Å². The lowest BCUT2D eigenvalue weighted by atomic mass is 10.0. The van der Waals surface area contributed by atoms with E-state index in [0.29, 0.717) is 22.9 Å². The van der Waals surface area contributed by atoms with E-state index in [-0.39, 0.29) is 18.6 Å². The molecule has 0 aromatic heterocycles. The average molecular weight is 359 g/mol. The first-order valence-corrected chi connectivity index (χ1v) is 8.50. The van der Waals surface area contributed by atoms with Crippen molar-refractivity contribution in [1.29, 1.82) is 0 Å². The van der Waals surface area contributed by atoms with Crippen LogP contribution < -0.4 is 10.5 Å². The van der Waals surface area contributed by atoms with Gasteiger partial charge in [0, 0.05) is 17.1 Å². The Morgan fingerprint density at radius 2 is 1.88 bits per heavy atom. The van der Waals surface area contributed by atoms with Crippen molar-refractivity contribution in [2.45, 2.75) is 18.9 Å². The third-order valence-electron chi connectivity index (χ3n) is 4.34. The highest BCUT2D eigenvalue weighted by Crippen LogP contribution is 2.35. The SMILES string of the molecule is NC(=O)c1ccc(OCC(=O)N2CCCC2c2ccccc2Cl)cc1. The van der Waals surface area contributed by atoms with Gasteiger partial charge >= 0.3 is 0 Å². The predicted octanol–water partition coefficient (Wildman–Crippen LogP) is 3.18. The number of hydrogen-bond acceptors (Lipinski definition) is 3. The molecule has 1 aliphatic rings. The number of rotatable bonds is 5. The van der Waals surface area contributed by atoms with Crippen molar-refractivity contribution in [3.05, 3.63) is 64.7 Å². The first-order valence-electron chi connectivity index (χ1n) is 8.13. The third-order valence-corrected chi connectivity index (χ3v) is 4.68.